The summed E-state index contributed by atoms with van der Waals surface area (Å²) in [6, 6.07) is 14.3. The minimum Gasteiger partial charge on any atom is -0.439 e. The van der Waals surface area contributed by atoms with Crippen LogP contribution in [0.5, 0.6) is 11.6 Å². The third kappa shape index (κ3) is 3.87. The zero-order valence-electron chi connectivity index (χ0n) is 16.7. The summed E-state index contributed by atoms with van der Waals surface area (Å²) in [5.74, 6) is 0.415. The van der Waals surface area contributed by atoms with Gasteiger partial charge < -0.3 is 20.8 Å². The van der Waals surface area contributed by atoms with Crippen molar-refractivity contribution in [3.63, 3.8) is 0 Å². The Morgan fingerprint density at radius 1 is 1.23 bits per heavy atom. The Labute approximate surface area is 178 Å². The van der Waals surface area contributed by atoms with Crippen LogP contribution in [-0.2, 0) is 19.4 Å². The van der Waals surface area contributed by atoms with Gasteiger partial charge in [-0.05, 0) is 59.9 Å². The molecule has 1 aliphatic rings. The van der Waals surface area contributed by atoms with Crippen molar-refractivity contribution in [1.82, 2.24) is 15.3 Å². The number of nitrogens with zero attached hydrogens (tertiary/aromatic N) is 1. The van der Waals surface area contributed by atoms with Gasteiger partial charge in [0.05, 0.1) is 5.56 Å². The number of aromatic amines is 1. The van der Waals surface area contributed by atoms with Crippen LogP contribution < -0.4 is 15.8 Å². The maximum Gasteiger partial charge on any atom is 0.250 e. The van der Waals surface area contributed by atoms with Crippen LogP contribution in [0.25, 0.3) is 10.9 Å². The highest BCUT2D eigenvalue weighted by molar-refractivity contribution is 5.92. The number of nitrogens with two attached hydrogens (primary N) is 1. The highest BCUT2D eigenvalue weighted by Gasteiger charge is 2.24. The number of H-pyrrole nitrogens is 1. The lowest BCUT2D eigenvalue weighted by molar-refractivity contribution is 0.1000. The van der Waals surface area contributed by atoms with Gasteiger partial charge in [-0.3, -0.25) is 4.79 Å². The Kier molecular flexibility index (Phi) is 4.88. The number of carbonyl (C=O) groups excluding carboxylic acids is 1. The van der Waals surface area contributed by atoms with Crippen molar-refractivity contribution in [3.8, 4) is 11.6 Å². The Bertz CT molecular complexity index is 1270. The zero-order valence-corrected chi connectivity index (χ0v) is 16.7. The van der Waals surface area contributed by atoms with E-state index in [1.54, 1.807) is 24.3 Å². The standard InChI is InChI=1S/C24H21FN4O2/c25-17-5-6-21-19(9-17)16(13-28-21)12-27-18-8-14-2-1-3-22(20(14)10-18)31-23-7-4-15(11-29-23)24(26)30/h1-7,9,11,13,18,27-28H,8,10,12H2,(H2,26,30). The second-order valence-electron chi connectivity index (χ2n) is 7.74. The van der Waals surface area contributed by atoms with E-state index in [9.17, 15) is 9.18 Å². The van der Waals surface area contributed by atoms with Crippen LogP contribution >= 0.6 is 0 Å². The van der Waals surface area contributed by atoms with Gasteiger partial charge in [0.1, 0.15) is 11.6 Å². The fourth-order valence-corrected chi connectivity index (χ4v) is 4.11. The van der Waals surface area contributed by atoms with Crippen molar-refractivity contribution in [2.75, 3.05) is 0 Å². The van der Waals surface area contributed by atoms with Crippen LogP contribution in [0.3, 0.4) is 0 Å². The van der Waals surface area contributed by atoms with Crippen molar-refractivity contribution in [2.24, 2.45) is 5.73 Å². The molecule has 6 nitrogen and oxygen atoms in total. The van der Waals surface area contributed by atoms with E-state index >= 15 is 0 Å². The number of hydrogen-bond donors (Lipinski definition) is 3. The molecule has 0 saturated heterocycles. The maximum atomic E-state index is 13.6. The first-order chi connectivity index (χ1) is 15.1. The molecular weight excluding hydrogens is 395 g/mol. The minimum absolute atomic E-state index is 0.235. The lowest BCUT2D eigenvalue weighted by atomic mass is 10.1. The van der Waals surface area contributed by atoms with Crippen molar-refractivity contribution in [2.45, 2.75) is 25.4 Å². The number of aromatic nitrogens is 2. The molecule has 4 aromatic rings. The Morgan fingerprint density at radius 2 is 2.13 bits per heavy atom. The number of rotatable bonds is 6. The molecule has 4 N–H and O–H groups in total. The molecule has 0 fully saturated rings. The van der Waals surface area contributed by atoms with Gasteiger partial charge in [-0.2, -0.15) is 0 Å². The molecule has 0 saturated carbocycles. The number of fused-ring (bicyclic) bond motifs is 2. The van der Waals surface area contributed by atoms with E-state index in [2.05, 4.69) is 21.4 Å². The molecule has 1 atom stereocenters. The quantitative estimate of drug-likeness (QED) is 0.445. The summed E-state index contributed by atoms with van der Waals surface area (Å²) < 4.78 is 19.6. The number of hydrogen-bond acceptors (Lipinski definition) is 4. The van der Waals surface area contributed by atoms with Crippen molar-refractivity contribution in [1.29, 1.82) is 0 Å². The smallest absolute Gasteiger partial charge is 0.250 e. The minimum atomic E-state index is -0.522. The molecule has 2 aromatic carbocycles. The Morgan fingerprint density at radius 3 is 2.94 bits per heavy atom. The highest BCUT2D eigenvalue weighted by Crippen LogP contribution is 2.33. The average Bonchev–Trinajstić information content (AvgIpc) is 3.36. The van der Waals surface area contributed by atoms with E-state index in [0.717, 1.165) is 40.6 Å². The number of carbonyl (C=O) groups is 1. The molecule has 1 amide bonds. The summed E-state index contributed by atoms with van der Waals surface area (Å²) in [4.78, 5) is 18.6. The largest absolute Gasteiger partial charge is 0.439 e. The Hall–Kier alpha value is -3.71. The van der Waals surface area contributed by atoms with Crippen molar-refractivity contribution in [3.05, 3.63) is 89.0 Å². The number of amides is 1. The summed E-state index contributed by atoms with van der Waals surface area (Å²) in [7, 11) is 0. The van der Waals surface area contributed by atoms with Crippen LogP contribution in [0.15, 0.2) is 60.9 Å². The summed E-state index contributed by atoms with van der Waals surface area (Å²) in [5.41, 5.74) is 9.95. The third-order valence-corrected chi connectivity index (χ3v) is 5.69. The summed E-state index contributed by atoms with van der Waals surface area (Å²) in [6.45, 7) is 0.647. The van der Waals surface area contributed by atoms with E-state index in [1.807, 2.05) is 18.3 Å². The topological polar surface area (TPSA) is 93.0 Å². The zero-order chi connectivity index (χ0) is 21.4. The van der Waals surface area contributed by atoms with E-state index in [0.29, 0.717) is 18.0 Å². The molecule has 5 rings (SSSR count). The van der Waals surface area contributed by atoms with Crippen LogP contribution in [0.4, 0.5) is 4.39 Å². The fraction of sp³-hybridized carbons (Fsp3) is 0.167. The molecule has 1 aliphatic carbocycles. The van der Waals surface area contributed by atoms with E-state index < -0.39 is 5.91 Å². The van der Waals surface area contributed by atoms with Gasteiger partial charge in [0.25, 0.3) is 0 Å². The van der Waals surface area contributed by atoms with Crippen LogP contribution in [0.2, 0.25) is 0 Å². The Balaban J connectivity index is 1.28. The molecule has 0 aliphatic heterocycles. The van der Waals surface area contributed by atoms with Gasteiger partial charge in [0, 0.05) is 41.9 Å². The maximum absolute atomic E-state index is 13.6. The van der Waals surface area contributed by atoms with Gasteiger partial charge in [0.2, 0.25) is 11.8 Å². The molecule has 1 unspecified atom stereocenters. The number of pyridine rings is 1. The van der Waals surface area contributed by atoms with Crippen LogP contribution in [0.1, 0.15) is 27.0 Å². The first-order valence-electron chi connectivity index (χ1n) is 10.1. The van der Waals surface area contributed by atoms with Crippen molar-refractivity contribution >= 4 is 16.8 Å². The normalized spacial score (nSPS) is 15.2. The van der Waals surface area contributed by atoms with Gasteiger partial charge in [-0.15, -0.1) is 0 Å². The molecule has 156 valence electrons. The fourth-order valence-electron chi connectivity index (χ4n) is 4.11. The monoisotopic (exact) mass is 416 g/mol. The highest BCUT2D eigenvalue weighted by atomic mass is 19.1. The molecule has 2 heterocycles. The number of benzene rings is 2. The van der Waals surface area contributed by atoms with Crippen LogP contribution in [-0.4, -0.2) is 21.9 Å². The molecule has 7 heteroatoms. The molecule has 31 heavy (non-hydrogen) atoms. The predicted molar refractivity (Wildman–Crippen MR) is 116 cm³/mol. The SMILES string of the molecule is NC(=O)c1ccc(Oc2cccc3c2CC(NCc2c[nH]c4ccc(F)cc24)C3)nc1. The molecule has 2 aromatic heterocycles. The number of nitrogens with one attached hydrogen (secondary N) is 2. The van der Waals surface area contributed by atoms with E-state index in [1.165, 1.54) is 17.8 Å². The predicted octanol–water partition coefficient (Wildman–Crippen LogP) is 3.85. The average molecular weight is 416 g/mol. The summed E-state index contributed by atoms with van der Waals surface area (Å²) in [6.07, 6.45) is 5.04. The molecule has 0 spiro atoms. The molecular formula is C24H21FN4O2. The molecule has 0 bridgehead atoms. The third-order valence-electron chi connectivity index (χ3n) is 5.69. The molecule has 0 radical (unpaired) electrons. The first kappa shape index (κ1) is 19.3. The lowest BCUT2D eigenvalue weighted by Crippen LogP contribution is -2.28. The van der Waals surface area contributed by atoms with E-state index in [-0.39, 0.29) is 11.9 Å². The van der Waals surface area contributed by atoms with Crippen molar-refractivity contribution < 1.29 is 13.9 Å². The number of halogens is 1. The van der Waals surface area contributed by atoms with Gasteiger partial charge in [-0.25, -0.2) is 9.37 Å². The second-order valence-corrected chi connectivity index (χ2v) is 7.74. The van der Waals surface area contributed by atoms with Gasteiger partial charge in [-0.1, -0.05) is 12.1 Å². The summed E-state index contributed by atoms with van der Waals surface area (Å²) in [5, 5.41) is 4.49. The first-order valence-corrected chi connectivity index (χ1v) is 10.1. The number of ether oxygens (including phenoxy) is 1. The lowest BCUT2D eigenvalue weighted by Gasteiger charge is -2.12. The van der Waals surface area contributed by atoms with Gasteiger partial charge >= 0.3 is 0 Å². The second kappa shape index (κ2) is 7.85. The van der Waals surface area contributed by atoms with E-state index in [4.69, 9.17) is 10.5 Å². The number of primary amides is 1. The van der Waals surface area contributed by atoms with Crippen LogP contribution in [0, 0.1) is 5.82 Å². The summed E-state index contributed by atoms with van der Waals surface area (Å²) >= 11 is 0. The van der Waals surface area contributed by atoms with Gasteiger partial charge in [0.15, 0.2) is 0 Å².